The monoisotopic (exact) mass is 232 g/mol. The predicted octanol–water partition coefficient (Wildman–Crippen LogP) is 0.987. The molecule has 5 nitrogen and oxygen atoms in total. The van der Waals surface area contributed by atoms with Crippen LogP contribution in [0.1, 0.15) is 12.0 Å². The maximum Gasteiger partial charge on any atom is 0.335 e. The molecule has 1 aliphatic heterocycles. The summed E-state index contributed by atoms with van der Waals surface area (Å²) < 4.78 is 0. The summed E-state index contributed by atoms with van der Waals surface area (Å²) in [5.41, 5.74) is 7.29. The third-order valence-electron chi connectivity index (χ3n) is 2.68. The van der Waals surface area contributed by atoms with E-state index < -0.39 is 5.97 Å². The zero-order valence-corrected chi connectivity index (χ0v) is 9.30. The van der Waals surface area contributed by atoms with Crippen LogP contribution in [0.15, 0.2) is 35.7 Å². The number of rotatable bonds is 2. The van der Waals surface area contributed by atoms with Gasteiger partial charge in [0.15, 0.2) is 0 Å². The number of carbonyl (C=O) groups is 2. The van der Waals surface area contributed by atoms with E-state index in [1.54, 1.807) is 12.1 Å². The summed E-state index contributed by atoms with van der Waals surface area (Å²) in [5.74, 6) is -1.46. The second-order valence-corrected chi connectivity index (χ2v) is 3.91. The summed E-state index contributed by atoms with van der Waals surface area (Å²) in [6.07, 6.45) is -0.158. The van der Waals surface area contributed by atoms with Crippen LogP contribution in [0.4, 0.5) is 5.69 Å². The highest BCUT2D eigenvalue weighted by Crippen LogP contribution is 2.27. The molecular formula is C12H12N2O3. The van der Waals surface area contributed by atoms with Crippen LogP contribution in [0.5, 0.6) is 0 Å². The number of nitrogens with zero attached hydrogens (tertiary/aromatic N) is 1. The Bertz CT molecular complexity index is 517. The molecule has 0 saturated carbocycles. The first-order valence-electron chi connectivity index (χ1n) is 5.12. The van der Waals surface area contributed by atoms with Gasteiger partial charge in [0.25, 0.3) is 0 Å². The fourth-order valence-electron chi connectivity index (χ4n) is 1.75. The van der Waals surface area contributed by atoms with Crippen LogP contribution in [0.25, 0.3) is 0 Å². The number of aliphatic carboxylic acids is 1. The number of nitrogens with two attached hydrogens (primary N) is 1. The molecular weight excluding hydrogens is 220 g/mol. The fourth-order valence-corrected chi connectivity index (χ4v) is 1.75. The number of benzene rings is 1. The first-order chi connectivity index (χ1) is 8.00. The van der Waals surface area contributed by atoms with Crippen molar-refractivity contribution < 1.29 is 14.7 Å². The van der Waals surface area contributed by atoms with Crippen molar-refractivity contribution in [1.29, 1.82) is 0 Å². The molecule has 1 amide bonds. The summed E-state index contributed by atoms with van der Waals surface area (Å²) in [6.45, 7) is 1.93. The molecule has 0 radical (unpaired) electrons. The van der Waals surface area contributed by atoms with Gasteiger partial charge >= 0.3 is 5.97 Å². The minimum atomic E-state index is -1.15. The average Bonchev–Trinajstić information content (AvgIpc) is 2.56. The van der Waals surface area contributed by atoms with E-state index in [0.717, 1.165) is 5.56 Å². The molecule has 17 heavy (non-hydrogen) atoms. The van der Waals surface area contributed by atoms with Crippen LogP contribution in [-0.4, -0.2) is 17.0 Å². The molecule has 0 unspecified atom stereocenters. The van der Waals surface area contributed by atoms with Crippen molar-refractivity contribution in [2.45, 2.75) is 13.3 Å². The molecule has 0 saturated heterocycles. The van der Waals surface area contributed by atoms with Crippen LogP contribution in [0.2, 0.25) is 0 Å². The summed E-state index contributed by atoms with van der Waals surface area (Å²) in [4.78, 5) is 23.8. The molecule has 0 fully saturated rings. The van der Waals surface area contributed by atoms with Crippen LogP contribution in [-0.2, 0) is 9.59 Å². The van der Waals surface area contributed by atoms with Crippen molar-refractivity contribution in [1.82, 2.24) is 0 Å². The number of carboxylic acid groups (broad SMARTS) is 1. The molecule has 0 aliphatic carbocycles. The number of aryl methyl sites for hydroxylation is 1. The zero-order chi connectivity index (χ0) is 12.6. The Labute approximate surface area is 98.1 Å². The number of hydrogen-bond acceptors (Lipinski definition) is 3. The van der Waals surface area contributed by atoms with Gasteiger partial charge in [-0.3, -0.25) is 9.69 Å². The van der Waals surface area contributed by atoms with Crippen LogP contribution in [0, 0.1) is 6.92 Å². The molecule has 1 aliphatic rings. The third kappa shape index (κ3) is 1.87. The second kappa shape index (κ2) is 3.93. The minimum absolute atomic E-state index is 0.00588. The largest absolute Gasteiger partial charge is 0.478 e. The number of anilines is 1. The Hall–Kier alpha value is -2.30. The van der Waals surface area contributed by atoms with Gasteiger partial charge in [-0.15, -0.1) is 0 Å². The fraction of sp³-hybridized carbons (Fsp3) is 0.167. The van der Waals surface area contributed by atoms with Crippen molar-refractivity contribution in [2.75, 3.05) is 4.90 Å². The maximum atomic E-state index is 11.7. The number of hydrogen-bond donors (Lipinski definition) is 2. The smallest absolute Gasteiger partial charge is 0.335 e. The normalized spacial score (nSPS) is 15.6. The summed E-state index contributed by atoms with van der Waals surface area (Å²) >= 11 is 0. The topological polar surface area (TPSA) is 83.6 Å². The lowest BCUT2D eigenvalue weighted by Crippen LogP contribution is -2.28. The van der Waals surface area contributed by atoms with Gasteiger partial charge in [-0.25, -0.2) is 4.79 Å². The third-order valence-corrected chi connectivity index (χ3v) is 2.68. The van der Waals surface area contributed by atoms with E-state index in [1.165, 1.54) is 4.90 Å². The molecule has 0 spiro atoms. The van der Waals surface area contributed by atoms with Crippen molar-refractivity contribution in [2.24, 2.45) is 5.73 Å². The number of carbonyl (C=O) groups excluding carboxylic acids is 1. The van der Waals surface area contributed by atoms with Gasteiger partial charge in [0.1, 0.15) is 5.82 Å². The van der Waals surface area contributed by atoms with Crippen molar-refractivity contribution in [3.63, 3.8) is 0 Å². The summed E-state index contributed by atoms with van der Waals surface area (Å²) in [6, 6.07) is 7.17. The van der Waals surface area contributed by atoms with Gasteiger partial charge < -0.3 is 10.8 Å². The molecule has 2 rings (SSSR count). The van der Waals surface area contributed by atoms with Gasteiger partial charge in [-0.05, 0) is 19.1 Å². The molecule has 0 atom stereocenters. The lowest BCUT2D eigenvalue weighted by atomic mass is 10.2. The second-order valence-electron chi connectivity index (χ2n) is 3.91. The Balaban J connectivity index is 2.42. The van der Waals surface area contributed by atoms with E-state index in [-0.39, 0.29) is 23.7 Å². The molecule has 1 aromatic rings. The predicted molar refractivity (Wildman–Crippen MR) is 62.1 cm³/mol. The molecule has 5 heteroatoms. The molecule has 1 heterocycles. The van der Waals surface area contributed by atoms with Crippen molar-refractivity contribution >= 4 is 17.6 Å². The average molecular weight is 232 g/mol. The number of carboxylic acids is 1. The highest BCUT2D eigenvalue weighted by molar-refractivity contribution is 6.08. The lowest BCUT2D eigenvalue weighted by Gasteiger charge is -2.17. The van der Waals surface area contributed by atoms with Gasteiger partial charge in [0, 0.05) is 0 Å². The van der Waals surface area contributed by atoms with E-state index >= 15 is 0 Å². The van der Waals surface area contributed by atoms with E-state index in [2.05, 4.69) is 0 Å². The van der Waals surface area contributed by atoms with Crippen LogP contribution >= 0.6 is 0 Å². The first kappa shape index (κ1) is 11.2. The van der Waals surface area contributed by atoms with Gasteiger partial charge in [-0.2, -0.15) is 0 Å². The van der Waals surface area contributed by atoms with Gasteiger partial charge in [-0.1, -0.05) is 17.7 Å². The molecule has 88 valence electrons. The van der Waals surface area contributed by atoms with Gasteiger partial charge in [0.05, 0.1) is 17.7 Å². The Morgan fingerprint density at radius 1 is 1.35 bits per heavy atom. The molecule has 0 aromatic heterocycles. The standard InChI is InChI=1S/C12H12N2O3/c1-7-2-4-8(5-3-7)14-10(15)6-9(11(14)13)12(16)17/h2-5H,6,13H2,1H3,(H,16,17). The van der Waals surface area contributed by atoms with E-state index in [0.29, 0.717) is 5.69 Å². The van der Waals surface area contributed by atoms with E-state index in [4.69, 9.17) is 10.8 Å². The zero-order valence-electron chi connectivity index (χ0n) is 9.30. The van der Waals surface area contributed by atoms with Gasteiger partial charge in [0.2, 0.25) is 5.91 Å². The minimum Gasteiger partial charge on any atom is -0.478 e. The summed E-state index contributed by atoms with van der Waals surface area (Å²) in [7, 11) is 0. The van der Waals surface area contributed by atoms with Crippen LogP contribution < -0.4 is 10.6 Å². The first-order valence-corrected chi connectivity index (χ1v) is 5.12. The van der Waals surface area contributed by atoms with Crippen molar-refractivity contribution in [3.8, 4) is 0 Å². The Morgan fingerprint density at radius 2 is 1.94 bits per heavy atom. The van der Waals surface area contributed by atoms with E-state index in [9.17, 15) is 9.59 Å². The van der Waals surface area contributed by atoms with Crippen LogP contribution in [0.3, 0.4) is 0 Å². The quantitative estimate of drug-likeness (QED) is 0.796. The molecule has 0 bridgehead atoms. The van der Waals surface area contributed by atoms with E-state index in [1.807, 2.05) is 19.1 Å². The highest BCUT2D eigenvalue weighted by Gasteiger charge is 2.32. The maximum absolute atomic E-state index is 11.7. The lowest BCUT2D eigenvalue weighted by molar-refractivity contribution is -0.133. The number of amides is 1. The van der Waals surface area contributed by atoms with Crippen molar-refractivity contribution in [3.05, 3.63) is 41.2 Å². The molecule has 3 N–H and O–H groups in total. The molecule has 1 aromatic carbocycles. The highest BCUT2D eigenvalue weighted by atomic mass is 16.4. The SMILES string of the molecule is Cc1ccc(N2C(=O)CC(C(=O)O)=C2N)cc1. The Kier molecular flexibility index (Phi) is 2.59. The summed E-state index contributed by atoms with van der Waals surface area (Å²) in [5, 5.41) is 8.89. The Morgan fingerprint density at radius 3 is 2.41 bits per heavy atom.